The lowest BCUT2D eigenvalue weighted by Gasteiger charge is -2.03. The molecular weight excluding hydrogens is 285 g/mol. The molecule has 2 amide bonds. The number of rotatable bonds is 3. The van der Waals surface area contributed by atoms with Crippen molar-refractivity contribution in [2.24, 2.45) is 5.10 Å². The van der Waals surface area contributed by atoms with Gasteiger partial charge in [-0.15, -0.1) is 0 Å². The first kappa shape index (κ1) is 15.4. The molecule has 112 valence electrons. The summed E-state index contributed by atoms with van der Waals surface area (Å²) in [5, 5.41) is 6.04. The summed E-state index contributed by atoms with van der Waals surface area (Å²) in [5.41, 5.74) is 4.35. The van der Waals surface area contributed by atoms with Gasteiger partial charge in [0.05, 0.1) is 6.21 Å². The van der Waals surface area contributed by atoms with Gasteiger partial charge >= 0.3 is 11.8 Å². The summed E-state index contributed by atoms with van der Waals surface area (Å²) in [6.07, 6.45) is 1.43. The van der Waals surface area contributed by atoms with E-state index in [4.69, 9.17) is 0 Å². The van der Waals surface area contributed by atoms with Gasteiger partial charge < -0.3 is 5.32 Å². The number of nitrogens with zero attached hydrogens (tertiary/aromatic N) is 1. The molecule has 0 saturated carbocycles. The SMILES string of the molecule is Cc1ccc(/C=N/NC(=O)C(=O)Nc2ccc(F)cc2)cc1. The van der Waals surface area contributed by atoms with Gasteiger partial charge in [0.1, 0.15) is 5.82 Å². The maximum Gasteiger partial charge on any atom is 0.329 e. The van der Waals surface area contributed by atoms with Crippen molar-refractivity contribution in [3.63, 3.8) is 0 Å². The van der Waals surface area contributed by atoms with Gasteiger partial charge in [-0.05, 0) is 36.8 Å². The smallest absolute Gasteiger partial charge is 0.318 e. The van der Waals surface area contributed by atoms with Crippen molar-refractivity contribution in [2.45, 2.75) is 6.92 Å². The van der Waals surface area contributed by atoms with Crippen LogP contribution in [0.5, 0.6) is 0 Å². The molecule has 5 nitrogen and oxygen atoms in total. The fraction of sp³-hybridized carbons (Fsp3) is 0.0625. The Hall–Kier alpha value is -3.02. The highest BCUT2D eigenvalue weighted by molar-refractivity contribution is 6.39. The van der Waals surface area contributed by atoms with Crippen molar-refractivity contribution in [2.75, 3.05) is 5.32 Å². The lowest BCUT2D eigenvalue weighted by molar-refractivity contribution is -0.136. The minimum Gasteiger partial charge on any atom is -0.318 e. The number of aryl methyl sites for hydroxylation is 1. The largest absolute Gasteiger partial charge is 0.329 e. The number of benzene rings is 2. The Kier molecular flexibility index (Phi) is 4.98. The number of carbonyl (C=O) groups excluding carboxylic acids is 2. The van der Waals surface area contributed by atoms with Crippen molar-refractivity contribution < 1.29 is 14.0 Å². The molecule has 2 aromatic rings. The third kappa shape index (κ3) is 4.52. The zero-order valence-electron chi connectivity index (χ0n) is 11.8. The van der Waals surface area contributed by atoms with E-state index in [1.807, 2.05) is 31.2 Å². The van der Waals surface area contributed by atoms with Crippen LogP contribution < -0.4 is 10.7 Å². The fourth-order valence-corrected chi connectivity index (χ4v) is 1.59. The number of nitrogens with one attached hydrogen (secondary N) is 2. The first-order chi connectivity index (χ1) is 10.5. The molecule has 0 unspecified atom stereocenters. The van der Waals surface area contributed by atoms with Crippen molar-refractivity contribution >= 4 is 23.7 Å². The average Bonchev–Trinajstić information content (AvgIpc) is 2.51. The topological polar surface area (TPSA) is 70.6 Å². The lowest BCUT2D eigenvalue weighted by Crippen LogP contribution is -2.32. The third-order valence-corrected chi connectivity index (χ3v) is 2.77. The quantitative estimate of drug-likeness (QED) is 0.518. The second-order valence-corrected chi connectivity index (χ2v) is 4.57. The molecule has 0 spiro atoms. The van der Waals surface area contributed by atoms with E-state index in [2.05, 4.69) is 15.8 Å². The fourth-order valence-electron chi connectivity index (χ4n) is 1.59. The molecule has 0 saturated heterocycles. The van der Waals surface area contributed by atoms with Crippen molar-refractivity contribution in [3.05, 3.63) is 65.5 Å². The van der Waals surface area contributed by atoms with Gasteiger partial charge in [-0.3, -0.25) is 9.59 Å². The summed E-state index contributed by atoms with van der Waals surface area (Å²) < 4.78 is 12.7. The Balaban J connectivity index is 1.87. The lowest BCUT2D eigenvalue weighted by atomic mass is 10.2. The third-order valence-electron chi connectivity index (χ3n) is 2.77. The molecule has 0 fully saturated rings. The number of hydrazone groups is 1. The number of halogens is 1. The standard InChI is InChI=1S/C16H14FN3O2/c1-11-2-4-12(5-3-11)10-18-20-16(22)15(21)19-14-8-6-13(17)7-9-14/h2-10H,1H3,(H,19,21)(H,20,22)/b18-10+. The second-order valence-electron chi connectivity index (χ2n) is 4.57. The van der Waals surface area contributed by atoms with Gasteiger partial charge in [0.15, 0.2) is 0 Å². The summed E-state index contributed by atoms with van der Waals surface area (Å²) >= 11 is 0. The monoisotopic (exact) mass is 299 g/mol. The first-order valence-corrected chi connectivity index (χ1v) is 6.51. The molecule has 0 aliphatic rings. The van der Waals surface area contributed by atoms with E-state index in [0.29, 0.717) is 5.69 Å². The van der Waals surface area contributed by atoms with Gasteiger partial charge in [-0.1, -0.05) is 29.8 Å². The minimum absolute atomic E-state index is 0.323. The molecule has 22 heavy (non-hydrogen) atoms. The highest BCUT2D eigenvalue weighted by Crippen LogP contribution is 2.07. The van der Waals surface area contributed by atoms with Gasteiger partial charge in [0, 0.05) is 5.69 Å². The Morgan fingerprint density at radius 2 is 1.64 bits per heavy atom. The Morgan fingerprint density at radius 1 is 1.00 bits per heavy atom. The van der Waals surface area contributed by atoms with Crippen molar-refractivity contribution in [3.8, 4) is 0 Å². The summed E-state index contributed by atoms with van der Waals surface area (Å²) in [6.45, 7) is 1.96. The highest BCUT2D eigenvalue weighted by atomic mass is 19.1. The predicted octanol–water partition coefficient (Wildman–Crippen LogP) is 2.22. The second kappa shape index (κ2) is 7.12. The van der Waals surface area contributed by atoms with Crippen LogP contribution in [0, 0.1) is 12.7 Å². The van der Waals surface area contributed by atoms with E-state index in [0.717, 1.165) is 11.1 Å². The van der Waals surface area contributed by atoms with E-state index < -0.39 is 17.6 Å². The van der Waals surface area contributed by atoms with Crippen LogP contribution >= 0.6 is 0 Å². The van der Waals surface area contributed by atoms with E-state index >= 15 is 0 Å². The molecule has 0 heterocycles. The Morgan fingerprint density at radius 3 is 2.27 bits per heavy atom. The molecule has 2 rings (SSSR count). The van der Waals surface area contributed by atoms with Gasteiger partial charge in [0.2, 0.25) is 0 Å². The number of hydrogen-bond donors (Lipinski definition) is 2. The van der Waals surface area contributed by atoms with Crippen LogP contribution in [0.2, 0.25) is 0 Å². The van der Waals surface area contributed by atoms with E-state index in [9.17, 15) is 14.0 Å². The molecule has 0 aliphatic heterocycles. The average molecular weight is 299 g/mol. The molecule has 0 aliphatic carbocycles. The zero-order valence-corrected chi connectivity index (χ0v) is 11.8. The number of anilines is 1. The first-order valence-electron chi connectivity index (χ1n) is 6.51. The molecule has 2 aromatic carbocycles. The van der Waals surface area contributed by atoms with E-state index in [-0.39, 0.29) is 0 Å². The van der Waals surface area contributed by atoms with Crippen molar-refractivity contribution in [1.82, 2.24) is 5.43 Å². The van der Waals surface area contributed by atoms with Gasteiger partial charge in [-0.25, -0.2) is 9.82 Å². The number of carbonyl (C=O) groups is 2. The van der Waals surface area contributed by atoms with Crippen LogP contribution in [0.1, 0.15) is 11.1 Å². The van der Waals surface area contributed by atoms with E-state index in [1.54, 1.807) is 0 Å². The molecule has 6 heteroatoms. The molecule has 0 atom stereocenters. The summed E-state index contributed by atoms with van der Waals surface area (Å²) in [5.74, 6) is -2.22. The van der Waals surface area contributed by atoms with Crippen LogP contribution in [-0.4, -0.2) is 18.0 Å². The van der Waals surface area contributed by atoms with Crippen LogP contribution in [0.25, 0.3) is 0 Å². The molecular formula is C16H14FN3O2. The number of amides is 2. The maximum atomic E-state index is 12.7. The maximum absolute atomic E-state index is 12.7. The van der Waals surface area contributed by atoms with Gasteiger partial charge in [-0.2, -0.15) is 5.10 Å². The Bertz CT molecular complexity index is 694. The van der Waals surface area contributed by atoms with Crippen LogP contribution in [0.4, 0.5) is 10.1 Å². The minimum atomic E-state index is -0.910. The molecule has 2 N–H and O–H groups in total. The summed E-state index contributed by atoms with van der Waals surface area (Å²) in [4.78, 5) is 23.1. The predicted molar refractivity (Wildman–Crippen MR) is 81.9 cm³/mol. The molecule has 0 radical (unpaired) electrons. The Labute approximate surface area is 126 Å². The molecule has 0 bridgehead atoms. The number of hydrogen-bond acceptors (Lipinski definition) is 3. The normalized spacial score (nSPS) is 10.5. The molecule has 0 aromatic heterocycles. The van der Waals surface area contributed by atoms with E-state index in [1.165, 1.54) is 30.5 Å². The van der Waals surface area contributed by atoms with Crippen LogP contribution in [0.3, 0.4) is 0 Å². The summed E-state index contributed by atoms with van der Waals surface area (Å²) in [6, 6.07) is 12.6. The van der Waals surface area contributed by atoms with Crippen LogP contribution in [0.15, 0.2) is 53.6 Å². The zero-order chi connectivity index (χ0) is 15.9. The van der Waals surface area contributed by atoms with Crippen LogP contribution in [-0.2, 0) is 9.59 Å². The van der Waals surface area contributed by atoms with Crippen molar-refractivity contribution in [1.29, 1.82) is 0 Å². The van der Waals surface area contributed by atoms with Gasteiger partial charge in [0.25, 0.3) is 0 Å². The highest BCUT2D eigenvalue weighted by Gasteiger charge is 2.12. The summed E-state index contributed by atoms with van der Waals surface area (Å²) in [7, 11) is 0.